The maximum atomic E-state index is 5.38. The zero-order valence-corrected chi connectivity index (χ0v) is 32.7. The second-order valence-corrected chi connectivity index (χ2v) is 16.3. The van der Waals surface area contributed by atoms with Crippen LogP contribution in [0.15, 0.2) is 218 Å². The van der Waals surface area contributed by atoms with Gasteiger partial charge in [0.15, 0.2) is 5.82 Å². The highest BCUT2D eigenvalue weighted by molar-refractivity contribution is 5.96. The van der Waals surface area contributed by atoms with E-state index in [9.17, 15) is 0 Å². The Morgan fingerprint density at radius 3 is 1.23 bits per heavy atom. The zero-order chi connectivity index (χ0) is 39.4. The standard InChI is InChI=1S/C58H36N2/c1-2-16-37(17-3-1)38-30-32-39(33-31-38)55-44-21-7-15-29-54(44)59-56(60-55)40-34-35-49-45(36-40)43-20-6-10-24-48(43)58(49)52-27-13-11-25-50(52)57(51-26-12-14-28-53(51)58)46-22-8-4-18-41(46)42-19-5-9-23-47(42)57/h1-36H. The van der Waals surface area contributed by atoms with Gasteiger partial charge in [-0.05, 0) is 90.0 Å². The van der Waals surface area contributed by atoms with Gasteiger partial charge in [-0.3, -0.25) is 0 Å². The van der Waals surface area contributed by atoms with Gasteiger partial charge in [-0.15, -0.1) is 0 Å². The van der Waals surface area contributed by atoms with E-state index in [1.807, 2.05) is 0 Å². The molecular formula is C58H36N2. The Morgan fingerprint density at radius 2 is 0.667 bits per heavy atom. The van der Waals surface area contributed by atoms with E-state index in [0.717, 1.165) is 33.5 Å². The van der Waals surface area contributed by atoms with Crippen LogP contribution in [0.2, 0.25) is 0 Å². The highest BCUT2D eigenvalue weighted by Gasteiger charge is 2.58. The second-order valence-electron chi connectivity index (χ2n) is 16.3. The smallest absolute Gasteiger partial charge is 0.160 e. The van der Waals surface area contributed by atoms with Crippen molar-refractivity contribution in [2.45, 2.75) is 10.8 Å². The number of nitrogens with zero attached hydrogens (tertiary/aromatic N) is 2. The topological polar surface area (TPSA) is 25.8 Å². The molecule has 0 saturated carbocycles. The highest BCUT2D eigenvalue weighted by Crippen LogP contribution is 2.67. The van der Waals surface area contributed by atoms with Gasteiger partial charge in [-0.1, -0.05) is 206 Å². The predicted molar refractivity (Wildman–Crippen MR) is 244 cm³/mol. The molecule has 2 nitrogen and oxygen atoms in total. The fourth-order valence-corrected chi connectivity index (χ4v) is 11.3. The summed E-state index contributed by atoms with van der Waals surface area (Å²) in [6.45, 7) is 0. The lowest BCUT2D eigenvalue weighted by Gasteiger charge is -2.48. The van der Waals surface area contributed by atoms with Crippen molar-refractivity contribution < 1.29 is 0 Å². The molecule has 2 spiro atoms. The van der Waals surface area contributed by atoms with Crippen molar-refractivity contribution in [1.29, 1.82) is 0 Å². The molecule has 3 aliphatic rings. The number of rotatable bonds is 3. The van der Waals surface area contributed by atoms with Gasteiger partial charge < -0.3 is 0 Å². The maximum Gasteiger partial charge on any atom is 0.160 e. The first kappa shape index (κ1) is 33.3. The van der Waals surface area contributed by atoms with E-state index in [1.54, 1.807) is 0 Å². The molecule has 0 N–H and O–H groups in total. The van der Waals surface area contributed by atoms with E-state index in [2.05, 4.69) is 218 Å². The number of hydrogen-bond donors (Lipinski definition) is 0. The first-order chi connectivity index (χ1) is 29.8. The minimum atomic E-state index is -0.536. The molecule has 3 aliphatic carbocycles. The van der Waals surface area contributed by atoms with Gasteiger partial charge in [0, 0.05) is 16.5 Å². The Kier molecular flexibility index (Phi) is 6.89. The van der Waals surface area contributed by atoms with Crippen molar-refractivity contribution in [3.8, 4) is 56.0 Å². The van der Waals surface area contributed by atoms with E-state index >= 15 is 0 Å². The lowest BCUT2D eigenvalue weighted by Crippen LogP contribution is -2.43. The number of aromatic nitrogens is 2. The molecule has 0 atom stereocenters. The monoisotopic (exact) mass is 760 g/mol. The Hall–Kier alpha value is -7.68. The summed E-state index contributed by atoms with van der Waals surface area (Å²) >= 11 is 0. The minimum Gasteiger partial charge on any atom is -0.228 e. The van der Waals surface area contributed by atoms with Crippen LogP contribution in [0.1, 0.15) is 44.5 Å². The number of benzene rings is 9. The first-order valence-electron chi connectivity index (χ1n) is 20.8. The van der Waals surface area contributed by atoms with Crippen molar-refractivity contribution >= 4 is 10.9 Å². The van der Waals surface area contributed by atoms with Crippen LogP contribution in [0, 0.1) is 0 Å². The van der Waals surface area contributed by atoms with E-state index in [1.165, 1.54) is 77.9 Å². The molecule has 9 aromatic carbocycles. The van der Waals surface area contributed by atoms with Gasteiger partial charge in [0.1, 0.15) is 0 Å². The summed E-state index contributed by atoms with van der Waals surface area (Å²) in [6.07, 6.45) is 0. The van der Waals surface area contributed by atoms with Crippen LogP contribution < -0.4 is 0 Å². The Morgan fingerprint density at radius 1 is 0.267 bits per heavy atom. The Bertz CT molecular complexity index is 3280. The lowest BCUT2D eigenvalue weighted by molar-refractivity contribution is 0.633. The van der Waals surface area contributed by atoms with E-state index < -0.39 is 10.8 Å². The summed E-state index contributed by atoms with van der Waals surface area (Å²) in [4.78, 5) is 10.6. The molecule has 2 heteroatoms. The van der Waals surface area contributed by atoms with Gasteiger partial charge in [0.25, 0.3) is 0 Å². The minimum absolute atomic E-state index is 0.460. The summed E-state index contributed by atoms with van der Waals surface area (Å²) in [5.41, 5.74) is 21.1. The number of hydrogen-bond acceptors (Lipinski definition) is 2. The summed E-state index contributed by atoms with van der Waals surface area (Å²) in [5.74, 6) is 0.722. The predicted octanol–water partition coefficient (Wildman–Crippen LogP) is 13.7. The lowest BCUT2D eigenvalue weighted by atomic mass is 9.52. The average molecular weight is 761 g/mol. The summed E-state index contributed by atoms with van der Waals surface area (Å²) in [6, 6.07) is 80.4. The first-order valence-corrected chi connectivity index (χ1v) is 20.8. The number of para-hydroxylation sites is 1. The summed E-state index contributed by atoms with van der Waals surface area (Å²) < 4.78 is 0. The molecule has 0 radical (unpaired) electrons. The molecule has 0 amide bonds. The van der Waals surface area contributed by atoms with Crippen molar-refractivity contribution in [2.75, 3.05) is 0 Å². The van der Waals surface area contributed by atoms with Gasteiger partial charge in [0.05, 0.1) is 22.0 Å². The van der Waals surface area contributed by atoms with Gasteiger partial charge in [-0.25, -0.2) is 9.97 Å². The van der Waals surface area contributed by atoms with Gasteiger partial charge in [0.2, 0.25) is 0 Å². The molecule has 0 fully saturated rings. The van der Waals surface area contributed by atoms with Crippen molar-refractivity contribution in [3.05, 3.63) is 263 Å². The van der Waals surface area contributed by atoms with Gasteiger partial charge >= 0.3 is 0 Å². The molecule has 1 heterocycles. The third-order valence-electron chi connectivity index (χ3n) is 13.6. The van der Waals surface area contributed by atoms with Crippen LogP contribution in [-0.4, -0.2) is 9.97 Å². The molecule has 278 valence electrons. The maximum absolute atomic E-state index is 5.38. The van der Waals surface area contributed by atoms with Crippen LogP contribution in [0.4, 0.5) is 0 Å². The van der Waals surface area contributed by atoms with Crippen molar-refractivity contribution in [2.24, 2.45) is 0 Å². The molecule has 10 aromatic rings. The molecule has 0 saturated heterocycles. The van der Waals surface area contributed by atoms with Gasteiger partial charge in [-0.2, -0.15) is 0 Å². The normalized spacial score (nSPS) is 14.3. The third kappa shape index (κ3) is 4.27. The van der Waals surface area contributed by atoms with Crippen LogP contribution in [0.5, 0.6) is 0 Å². The molecule has 0 bridgehead atoms. The molecule has 1 aromatic heterocycles. The van der Waals surface area contributed by atoms with Crippen molar-refractivity contribution in [1.82, 2.24) is 9.97 Å². The Labute approximate surface area is 349 Å². The quantitative estimate of drug-likeness (QED) is 0.179. The second kappa shape index (κ2) is 12.4. The SMILES string of the molecule is c1ccc(-c2ccc(-c3nc(-c4ccc5c(c4)-c4ccccc4C54c5ccccc5C5(c6ccccc6-c6ccccc65)c5ccccc54)nc4ccccc34)cc2)cc1. The molecule has 13 rings (SSSR count). The zero-order valence-electron chi connectivity index (χ0n) is 32.7. The van der Waals surface area contributed by atoms with E-state index in [0.29, 0.717) is 0 Å². The molecule has 0 unspecified atom stereocenters. The molecule has 60 heavy (non-hydrogen) atoms. The summed E-state index contributed by atoms with van der Waals surface area (Å²) in [5, 5.41) is 1.04. The summed E-state index contributed by atoms with van der Waals surface area (Å²) in [7, 11) is 0. The third-order valence-corrected chi connectivity index (χ3v) is 13.6. The van der Waals surface area contributed by atoms with Crippen LogP contribution in [-0.2, 0) is 10.8 Å². The fourth-order valence-electron chi connectivity index (χ4n) is 11.3. The number of fused-ring (bicyclic) bond motifs is 17. The largest absolute Gasteiger partial charge is 0.228 e. The van der Waals surface area contributed by atoms with Crippen molar-refractivity contribution in [3.63, 3.8) is 0 Å². The molecular weight excluding hydrogens is 725 g/mol. The van der Waals surface area contributed by atoms with Crippen LogP contribution >= 0.6 is 0 Å². The molecule has 0 aliphatic heterocycles. The van der Waals surface area contributed by atoms with E-state index in [-0.39, 0.29) is 0 Å². The van der Waals surface area contributed by atoms with Crippen LogP contribution in [0.25, 0.3) is 66.9 Å². The highest BCUT2D eigenvalue weighted by atomic mass is 14.9. The average Bonchev–Trinajstić information content (AvgIpc) is 3.79. The fraction of sp³-hybridized carbons (Fsp3) is 0.0345. The van der Waals surface area contributed by atoms with E-state index in [4.69, 9.17) is 9.97 Å². The Balaban J connectivity index is 1.04. The van der Waals surface area contributed by atoms with Crippen LogP contribution in [0.3, 0.4) is 0 Å².